The van der Waals surface area contributed by atoms with E-state index in [0.29, 0.717) is 45.4 Å². The molecule has 8 nitrogen and oxygen atoms in total. The second-order valence-electron chi connectivity index (χ2n) is 9.85. The fourth-order valence-electron chi connectivity index (χ4n) is 4.73. The Morgan fingerprint density at radius 1 is 1.00 bits per heavy atom. The third-order valence-corrected chi connectivity index (χ3v) is 8.16. The topological polar surface area (TPSA) is 87.5 Å². The van der Waals surface area contributed by atoms with Gasteiger partial charge in [-0.1, -0.05) is 44.2 Å². The quantitative estimate of drug-likeness (QED) is 0.398. The van der Waals surface area contributed by atoms with E-state index in [1.807, 2.05) is 47.4 Å². The van der Waals surface area contributed by atoms with E-state index in [1.54, 1.807) is 6.92 Å². The molecule has 1 saturated heterocycles. The number of para-hydroxylation sites is 1. The number of aromatic nitrogens is 2. The first-order valence-electron chi connectivity index (χ1n) is 12.8. The molecule has 2 aromatic carbocycles. The van der Waals surface area contributed by atoms with Crippen molar-refractivity contribution in [2.45, 2.75) is 33.2 Å². The van der Waals surface area contributed by atoms with E-state index >= 15 is 0 Å². The Kier molecular flexibility index (Phi) is 7.28. The summed E-state index contributed by atoms with van der Waals surface area (Å²) in [6.07, 6.45) is 1.38. The van der Waals surface area contributed by atoms with Gasteiger partial charge in [0.05, 0.1) is 16.6 Å². The maximum atomic E-state index is 13.4. The van der Waals surface area contributed by atoms with Crippen LogP contribution in [0.25, 0.3) is 10.2 Å². The number of nitrogens with zero attached hydrogens (tertiary/aromatic N) is 4. The minimum absolute atomic E-state index is 0.0771. The highest BCUT2D eigenvalue weighted by Crippen LogP contribution is 2.29. The normalized spacial score (nSPS) is 13.8. The lowest BCUT2D eigenvalue weighted by atomic mass is 10.0. The SMILES string of the molecule is Cc1c(C(=O)N2CCN(c3ccccc3)CC2)sc2ncn(CC(=O)Nc3ccc(C(C)C)cc3)c(=O)c12. The predicted molar refractivity (Wildman–Crippen MR) is 152 cm³/mol. The number of rotatable bonds is 6. The van der Waals surface area contributed by atoms with E-state index in [4.69, 9.17) is 0 Å². The Balaban J connectivity index is 1.29. The third-order valence-electron chi connectivity index (χ3n) is 6.97. The predicted octanol–water partition coefficient (Wildman–Crippen LogP) is 4.49. The monoisotopic (exact) mass is 529 g/mol. The summed E-state index contributed by atoms with van der Waals surface area (Å²) in [7, 11) is 0. The van der Waals surface area contributed by atoms with E-state index in [-0.39, 0.29) is 23.9 Å². The number of carbonyl (C=O) groups is 2. The zero-order chi connectivity index (χ0) is 26.8. The molecule has 2 aromatic heterocycles. The first-order valence-corrected chi connectivity index (χ1v) is 13.6. The van der Waals surface area contributed by atoms with Gasteiger partial charge in [-0.2, -0.15) is 0 Å². The Hall–Kier alpha value is -3.98. The van der Waals surface area contributed by atoms with Crippen LogP contribution < -0.4 is 15.8 Å². The average Bonchev–Trinajstić information content (AvgIpc) is 3.27. The molecule has 196 valence electrons. The van der Waals surface area contributed by atoms with Crippen LogP contribution in [0.2, 0.25) is 0 Å². The van der Waals surface area contributed by atoms with Gasteiger partial charge in [0.2, 0.25) is 5.91 Å². The molecule has 0 atom stereocenters. The van der Waals surface area contributed by atoms with Crippen molar-refractivity contribution in [3.8, 4) is 0 Å². The number of benzene rings is 2. The van der Waals surface area contributed by atoms with Crippen molar-refractivity contribution in [3.05, 3.63) is 87.3 Å². The third kappa shape index (κ3) is 5.19. The molecule has 0 saturated carbocycles. The number of nitrogens with one attached hydrogen (secondary N) is 1. The number of fused-ring (bicyclic) bond motifs is 1. The largest absolute Gasteiger partial charge is 0.368 e. The van der Waals surface area contributed by atoms with Gasteiger partial charge in [-0.15, -0.1) is 11.3 Å². The van der Waals surface area contributed by atoms with Crippen molar-refractivity contribution < 1.29 is 9.59 Å². The van der Waals surface area contributed by atoms with Crippen molar-refractivity contribution in [1.29, 1.82) is 0 Å². The summed E-state index contributed by atoms with van der Waals surface area (Å²) in [5.41, 5.74) is 3.32. The number of aryl methyl sites for hydroxylation is 1. The van der Waals surface area contributed by atoms with Crippen molar-refractivity contribution in [1.82, 2.24) is 14.5 Å². The average molecular weight is 530 g/mol. The van der Waals surface area contributed by atoms with Crippen LogP contribution >= 0.6 is 11.3 Å². The van der Waals surface area contributed by atoms with E-state index < -0.39 is 0 Å². The summed E-state index contributed by atoms with van der Waals surface area (Å²) in [6.45, 7) is 8.57. The molecular weight excluding hydrogens is 498 g/mol. The van der Waals surface area contributed by atoms with E-state index in [0.717, 1.165) is 18.8 Å². The van der Waals surface area contributed by atoms with Gasteiger partial charge in [-0.3, -0.25) is 19.0 Å². The lowest BCUT2D eigenvalue weighted by molar-refractivity contribution is -0.116. The highest BCUT2D eigenvalue weighted by molar-refractivity contribution is 7.20. The fraction of sp³-hybridized carbons (Fsp3) is 0.310. The highest BCUT2D eigenvalue weighted by Gasteiger charge is 2.27. The second kappa shape index (κ2) is 10.8. The van der Waals surface area contributed by atoms with E-state index in [9.17, 15) is 14.4 Å². The maximum Gasteiger partial charge on any atom is 0.264 e. The Morgan fingerprint density at radius 2 is 1.68 bits per heavy atom. The van der Waals surface area contributed by atoms with Gasteiger partial charge < -0.3 is 15.1 Å². The minimum atomic E-state index is -0.318. The van der Waals surface area contributed by atoms with Crippen LogP contribution in [0.5, 0.6) is 0 Å². The number of carbonyl (C=O) groups excluding carboxylic acids is 2. The lowest BCUT2D eigenvalue weighted by Crippen LogP contribution is -2.48. The molecular formula is C29H31N5O3S. The molecule has 1 aliphatic heterocycles. The molecule has 0 spiro atoms. The molecule has 5 rings (SSSR count). The van der Waals surface area contributed by atoms with Gasteiger partial charge in [-0.25, -0.2) is 4.98 Å². The zero-order valence-electron chi connectivity index (χ0n) is 21.8. The van der Waals surface area contributed by atoms with Gasteiger partial charge in [-0.05, 0) is 48.2 Å². The second-order valence-corrected chi connectivity index (χ2v) is 10.9. The lowest BCUT2D eigenvalue weighted by Gasteiger charge is -2.36. The summed E-state index contributed by atoms with van der Waals surface area (Å²) in [4.78, 5) is 48.9. The van der Waals surface area contributed by atoms with Gasteiger partial charge in [0.15, 0.2) is 0 Å². The standard InChI is InChI=1S/C29H31N5O3S/c1-19(2)21-9-11-22(12-10-21)31-24(35)17-34-18-30-27-25(28(34)36)20(3)26(38-27)29(37)33-15-13-32(14-16-33)23-7-5-4-6-8-23/h4-12,18-19H,13-17H2,1-3H3,(H,31,35). The van der Waals surface area contributed by atoms with Crippen LogP contribution in [-0.4, -0.2) is 52.4 Å². The summed E-state index contributed by atoms with van der Waals surface area (Å²) in [5.74, 6) is 0.0124. The summed E-state index contributed by atoms with van der Waals surface area (Å²) < 4.78 is 1.30. The Morgan fingerprint density at radius 3 is 2.34 bits per heavy atom. The van der Waals surface area contributed by atoms with Crippen molar-refractivity contribution in [2.24, 2.45) is 0 Å². The van der Waals surface area contributed by atoms with Crippen molar-refractivity contribution in [2.75, 3.05) is 36.4 Å². The smallest absolute Gasteiger partial charge is 0.264 e. The number of anilines is 2. The number of hydrogen-bond acceptors (Lipinski definition) is 6. The molecule has 2 amide bonds. The van der Waals surface area contributed by atoms with Crippen molar-refractivity contribution in [3.63, 3.8) is 0 Å². The Bertz CT molecular complexity index is 1520. The minimum Gasteiger partial charge on any atom is -0.368 e. The van der Waals surface area contributed by atoms with Gasteiger partial charge >= 0.3 is 0 Å². The van der Waals surface area contributed by atoms with Crippen molar-refractivity contribution >= 4 is 44.7 Å². The highest BCUT2D eigenvalue weighted by atomic mass is 32.1. The summed E-state index contributed by atoms with van der Waals surface area (Å²) in [6, 6.07) is 17.9. The zero-order valence-corrected chi connectivity index (χ0v) is 22.6. The number of amides is 2. The molecule has 38 heavy (non-hydrogen) atoms. The number of thiophene rings is 1. The molecule has 4 aromatic rings. The fourth-order valence-corrected chi connectivity index (χ4v) is 5.84. The number of piperazine rings is 1. The molecule has 1 N–H and O–H groups in total. The van der Waals surface area contributed by atoms with Crippen LogP contribution in [0.4, 0.5) is 11.4 Å². The number of hydrogen-bond donors (Lipinski definition) is 1. The molecule has 0 radical (unpaired) electrons. The van der Waals surface area contributed by atoms with E-state index in [1.165, 1.54) is 27.8 Å². The van der Waals surface area contributed by atoms with Crippen LogP contribution in [0.1, 0.15) is 40.6 Å². The maximum absolute atomic E-state index is 13.4. The van der Waals surface area contributed by atoms with Crippen LogP contribution in [0, 0.1) is 6.92 Å². The molecule has 0 aliphatic carbocycles. The first-order chi connectivity index (χ1) is 18.3. The molecule has 9 heteroatoms. The van der Waals surface area contributed by atoms with E-state index in [2.05, 4.69) is 41.2 Å². The molecule has 0 unspecified atom stereocenters. The van der Waals surface area contributed by atoms with Gasteiger partial charge in [0.25, 0.3) is 11.5 Å². The van der Waals surface area contributed by atoms with Gasteiger partial charge in [0, 0.05) is 37.6 Å². The molecule has 1 fully saturated rings. The van der Waals surface area contributed by atoms with Crippen LogP contribution in [0.15, 0.2) is 65.7 Å². The van der Waals surface area contributed by atoms with Crippen LogP contribution in [0.3, 0.4) is 0 Å². The summed E-state index contributed by atoms with van der Waals surface area (Å²) >= 11 is 1.24. The van der Waals surface area contributed by atoms with Crippen LogP contribution in [-0.2, 0) is 11.3 Å². The molecule has 3 heterocycles. The first kappa shape index (κ1) is 25.7. The molecule has 0 bridgehead atoms. The van der Waals surface area contributed by atoms with Gasteiger partial charge in [0.1, 0.15) is 11.4 Å². The molecule has 1 aliphatic rings. The summed E-state index contributed by atoms with van der Waals surface area (Å²) in [5, 5.41) is 3.24. The Labute approximate surface area is 225 Å².